The quantitative estimate of drug-likeness (QED) is 0.713. The molecule has 0 aliphatic heterocycles. The van der Waals surface area contributed by atoms with Crippen LogP contribution in [0.15, 0.2) is 0 Å². The van der Waals surface area contributed by atoms with Crippen LogP contribution in [0.5, 0.6) is 0 Å². The molecule has 1 rings (SSSR count). The molecule has 1 N–H and O–H groups in total. The van der Waals surface area contributed by atoms with E-state index in [-0.39, 0.29) is 0 Å². The summed E-state index contributed by atoms with van der Waals surface area (Å²) in [4.78, 5) is 2.12. The van der Waals surface area contributed by atoms with Crippen LogP contribution in [0.3, 0.4) is 0 Å². The molecule has 2 unspecified atom stereocenters. The Bertz CT molecular complexity index is 183. The minimum atomic E-state index is -0.543. The molecular formula is C13H27NO. The van der Waals surface area contributed by atoms with Gasteiger partial charge in [-0.05, 0) is 38.8 Å². The van der Waals surface area contributed by atoms with Crippen LogP contribution in [0, 0.1) is 5.92 Å². The van der Waals surface area contributed by atoms with Gasteiger partial charge in [0.2, 0.25) is 0 Å². The van der Waals surface area contributed by atoms with Crippen LogP contribution in [0.4, 0.5) is 0 Å². The van der Waals surface area contributed by atoms with Crippen LogP contribution in [0.25, 0.3) is 0 Å². The number of nitrogens with zero attached hydrogens (tertiary/aromatic N) is 1. The van der Waals surface area contributed by atoms with E-state index in [1.165, 1.54) is 32.1 Å². The van der Waals surface area contributed by atoms with Crippen molar-refractivity contribution >= 4 is 0 Å². The van der Waals surface area contributed by atoms with Crippen LogP contribution >= 0.6 is 0 Å². The minimum absolute atomic E-state index is 0.543. The molecule has 1 aliphatic rings. The summed E-state index contributed by atoms with van der Waals surface area (Å²) < 4.78 is 0. The van der Waals surface area contributed by atoms with Crippen LogP contribution < -0.4 is 0 Å². The molecule has 90 valence electrons. The van der Waals surface area contributed by atoms with Crippen molar-refractivity contribution in [2.75, 3.05) is 13.6 Å². The number of hydrogen-bond acceptors (Lipinski definition) is 2. The van der Waals surface area contributed by atoms with Gasteiger partial charge in [0.05, 0.1) is 0 Å². The van der Waals surface area contributed by atoms with Crippen LogP contribution in [-0.4, -0.2) is 29.3 Å². The van der Waals surface area contributed by atoms with Gasteiger partial charge in [-0.2, -0.15) is 0 Å². The Labute approximate surface area is 94.7 Å². The summed E-state index contributed by atoms with van der Waals surface area (Å²) in [6.45, 7) is 5.33. The molecule has 1 aliphatic carbocycles. The Hall–Kier alpha value is -0.0800. The largest absolute Gasteiger partial charge is 0.376 e. The molecule has 0 aromatic carbocycles. The summed E-state index contributed by atoms with van der Waals surface area (Å²) in [5.41, 5.74) is -0.543. The van der Waals surface area contributed by atoms with Crippen molar-refractivity contribution in [2.24, 2.45) is 5.92 Å². The average Bonchev–Trinajstić information content (AvgIpc) is 2.28. The second-order valence-electron chi connectivity index (χ2n) is 5.26. The lowest BCUT2D eigenvalue weighted by Crippen LogP contribution is -2.47. The third kappa shape index (κ3) is 3.76. The van der Waals surface area contributed by atoms with Crippen molar-refractivity contribution in [3.05, 3.63) is 0 Å². The maximum absolute atomic E-state index is 10.7. The van der Waals surface area contributed by atoms with Crippen molar-refractivity contribution < 1.29 is 5.11 Å². The molecule has 2 nitrogen and oxygen atoms in total. The lowest BCUT2D eigenvalue weighted by Gasteiger charge is -2.38. The van der Waals surface area contributed by atoms with E-state index in [2.05, 4.69) is 18.7 Å². The Morgan fingerprint density at radius 2 is 1.93 bits per heavy atom. The van der Waals surface area contributed by atoms with Gasteiger partial charge >= 0.3 is 0 Å². The minimum Gasteiger partial charge on any atom is -0.376 e. The van der Waals surface area contributed by atoms with Crippen LogP contribution in [-0.2, 0) is 0 Å². The van der Waals surface area contributed by atoms with E-state index in [1.54, 1.807) is 0 Å². The van der Waals surface area contributed by atoms with Gasteiger partial charge < -0.3 is 5.11 Å². The fraction of sp³-hybridized carbons (Fsp3) is 1.00. The summed E-state index contributed by atoms with van der Waals surface area (Å²) in [5, 5.41) is 10.7. The van der Waals surface area contributed by atoms with Gasteiger partial charge in [-0.3, -0.25) is 4.90 Å². The van der Waals surface area contributed by atoms with Crippen molar-refractivity contribution in [1.29, 1.82) is 0 Å². The normalized spacial score (nSPS) is 34.6. The van der Waals surface area contributed by atoms with E-state index in [4.69, 9.17) is 0 Å². The van der Waals surface area contributed by atoms with Gasteiger partial charge in [0.25, 0.3) is 0 Å². The smallest absolute Gasteiger partial charge is 0.118 e. The topological polar surface area (TPSA) is 23.5 Å². The van der Waals surface area contributed by atoms with Crippen molar-refractivity contribution in [2.45, 2.75) is 64.5 Å². The molecule has 0 bridgehead atoms. The molecule has 1 fully saturated rings. The summed E-state index contributed by atoms with van der Waals surface area (Å²) in [6.07, 6.45) is 8.31. The van der Waals surface area contributed by atoms with Crippen molar-refractivity contribution in [3.8, 4) is 0 Å². The summed E-state index contributed by atoms with van der Waals surface area (Å²) in [5.74, 6) is 0.655. The predicted molar refractivity (Wildman–Crippen MR) is 64.7 cm³/mol. The van der Waals surface area contributed by atoms with Crippen molar-refractivity contribution in [1.82, 2.24) is 4.90 Å². The van der Waals surface area contributed by atoms with Gasteiger partial charge in [0.1, 0.15) is 5.72 Å². The highest BCUT2D eigenvalue weighted by molar-refractivity contribution is 4.80. The molecule has 0 amide bonds. The molecule has 0 heterocycles. The summed E-state index contributed by atoms with van der Waals surface area (Å²) in [6, 6.07) is 0. The Morgan fingerprint density at radius 1 is 1.27 bits per heavy atom. The Morgan fingerprint density at radius 3 is 2.60 bits per heavy atom. The third-order valence-corrected chi connectivity index (χ3v) is 3.88. The van der Waals surface area contributed by atoms with Crippen molar-refractivity contribution in [3.63, 3.8) is 0 Å². The highest BCUT2D eigenvalue weighted by atomic mass is 16.3. The molecule has 1 saturated carbocycles. The monoisotopic (exact) mass is 213 g/mol. The van der Waals surface area contributed by atoms with Gasteiger partial charge in [0.15, 0.2) is 0 Å². The zero-order valence-corrected chi connectivity index (χ0v) is 10.6. The first-order valence-corrected chi connectivity index (χ1v) is 6.52. The zero-order valence-electron chi connectivity index (χ0n) is 10.6. The summed E-state index contributed by atoms with van der Waals surface area (Å²) >= 11 is 0. The lowest BCUT2D eigenvalue weighted by molar-refractivity contribution is -0.114. The molecule has 0 spiro atoms. The maximum atomic E-state index is 10.7. The molecule has 0 radical (unpaired) electrons. The van der Waals surface area contributed by atoms with E-state index in [0.29, 0.717) is 5.92 Å². The van der Waals surface area contributed by atoms with Gasteiger partial charge in [-0.25, -0.2) is 0 Å². The second-order valence-corrected chi connectivity index (χ2v) is 5.26. The van der Waals surface area contributed by atoms with Crippen LogP contribution in [0.2, 0.25) is 0 Å². The first-order chi connectivity index (χ1) is 7.08. The highest BCUT2D eigenvalue weighted by Gasteiger charge is 2.32. The van der Waals surface area contributed by atoms with E-state index >= 15 is 0 Å². The first kappa shape index (κ1) is 13.0. The number of hydrogen-bond donors (Lipinski definition) is 1. The molecule has 15 heavy (non-hydrogen) atoms. The molecule has 0 aromatic heterocycles. The predicted octanol–water partition coefficient (Wildman–Crippen LogP) is 3.01. The number of rotatable bonds is 2. The number of aliphatic hydroxyl groups is 1. The van der Waals surface area contributed by atoms with E-state index < -0.39 is 5.72 Å². The van der Waals surface area contributed by atoms with E-state index in [1.807, 2.05) is 7.05 Å². The standard InChI is InChI=1S/C13H27NO/c1-4-14(3)13(15)10-8-6-5-7-9-12(2)11-13/h12,15H,4-11H2,1-3H3. The maximum Gasteiger partial charge on any atom is 0.118 e. The van der Waals surface area contributed by atoms with E-state index in [0.717, 1.165) is 19.4 Å². The highest BCUT2D eigenvalue weighted by Crippen LogP contribution is 2.30. The Kier molecular flexibility index (Phi) is 5.07. The van der Waals surface area contributed by atoms with Crippen LogP contribution in [0.1, 0.15) is 58.8 Å². The molecule has 0 aromatic rings. The molecule has 2 atom stereocenters. The van der Waals surface area contributed by atoms with Gasteiger partial charge in [-0.1, -0.05) is 39.5 Å². The average molecular weight is 213 g/mol. The SMILES string of the molecule is CCN(C)C1(O)CCCCCCC(C)C1. The molecular weight excluding hydrogens is 186 g/mol. The first-order valence-electron chi connectivity index (χ1n) is 6.52. The van der Waals surface area contributed by atoms with Gasteiger partial charge in [0, 0.05) is 0 Å². The molecule has 2 heteroatoms. The third-order valence-electron chi connectivity index (χ3n) is 3.88. The zero-order chi connectivity index (χ0) is 11.3. The Balaban J connectivity index is 2.64. The van der Waals surface area contributed by atoms with E-state index in [9.17, 15) is 5.11 Å². The second kappa shape index (κ2) is 5.86. The summed E-state index contributed by atoms with van der Waals surface area (Å²) in [7, 11) is 2.05. The fourth-order valence-corrected chi connectivity index (χ4v) is 2.66. The van der Waals surface area contributed by atoms with Gasteiger partial charge in [-0.15, -0.1) is 0 Å². The lowest BCUT2D eigenvalue weighted by atomic mass is 9.92. The fourth-order valence-electron chi connectivity index (χ4n) is 2.66. The molecule has 0 saturated heterocycles.